The monoisotopic (exact) mass is 484 g/mol. The van der Waals surface area contributed by atoms with Crippen molar-refractivity contribution in [1.82, 2.24) is 5.43 Å². The molecular formula is C18H18Br2N2O4. The molecule has 0 saturated carbocycles. The number of hydrogen-bond donors (Lipinski definition) is 1. The van der Waals surface area contributed by atoms with E-state index < -0.39 is 5.91 Å². The number of ether oxygens (including phenoxy) is 2. The first-order valence-corrected chi connectivity index (χ1v) is 9.47. The van der Waals surface area contributed by atoms with E-state index in [1.807, 2.05) is 24.3 Å². The summed E-state index contributed by atoms with van der Waals surface area (Å²) in [5.41, 5.74) is 2.81. The van der Waals surface area contributed by atoms with Crippen molar-refractivity contribution in [1.29, 1.82) is 0 Å². The molecule has 26 heavy (non-hydrogen) atoms. The summed E-state index contributed by atoms with van der Waals surface area (Å²) in [4.78, 5) is 23.2. The van der Waals surface area contributed by atoms with Crippen LogP contribution < -0.4 is 10.2 Å². The highest BCUT2D eigenvalue weighted by atomic mass is 79.9. The first-order chi connectivity index (χ1) is 12.4. The van der Waals surface area contributed by atoms with Gasteiger partial charge in [0.25, 0.3) is 5.91 Å². The fourth-order valence-corrected chi connectivity index (χ4v) is 3.13. The molecule has 0 atom stereocenters. The van der Waals surface area contributed by atoms with Crippen molar-refractivity contribution < 1.29 is 19.1 Å². The Morgan fingerprint density at radius 1 is 1.19 bits per heavy atom. The van der Waals surface area contributed by atoms with E-state index in [0.717, 1.165) is 19.7 Å². The Morgan fingerprint density at radius 3 is 2.69 bits per heavy atom. The Kier molecular flexibility index (Phi) is 7.59. The second kappa shape index (κ2) is 9.68. The van der Waals surface area contributed by atoms with Gasteiger partial charge in [0.05, 0.1) is 17.5 Å². The molecule has 0 aliphatic carbocycles. The lowest BCUT2D eigenvalue weighted by atomic mass is 10.1. The van der Waals surface area contributed by atoms with Gasteiger partial charge in [-0.05, 0) is 58.7 Å². The molecule has 0 aromatic heterocycles. The number of carbonyl (C=O) groups excluding carboxylic acids is 2. The smallest absolute Gasteiger partial charge is 0.311 e. The van der Waals surface area contributed by atoms with Crippen LogP contribution in [0.25, 0.3) is 10.8 Å². The number of halogens is 2. The molecule has 0 heterocycles. The Labute approximate surface area is 168 Å². The fourth-order valence-electron chi connectivity index (χ4n) is 2.15. The molecule has 2 aromatic carbocycles. The molecule has 0 aliphatic rings. The number of amides is 1. The van der Waals surface area contributed by atoms with Gasteiger partial charge >= 0.3 is 5.97 Å². The quantitative estimate of drug-likeness (QED) is 0.362. The lowest BCUT2D eigenvalue weighted by Gasteiger charge is -2.10. The average Bonchev–Trinajstić information content (AvgIpc) is 2.59. The second-order valence-electron chi connectivity index (χ2n) is 5.40. The summed E-state index contributed by atoms with van der Waals surface area (Å²) in [6, 6.07) is 9.60. The maximum Gasteiger partial charge on any atom is 0.311 e. The van der Waals surface area contributed by atoms with Gasteiger partial charge in [0.2, 0.25) is 0 Å². The lowest BCUT2D eigenvalue weighted by Crippen LogP contribution is -2.26. The minimum Gasteiger partial charge on any atom is -0.483 e. The van der Waals surface area contributed by atoms with Gasteiger partial charge in [-0.1, -0.05) is 28.1 Å². The van der Waals surface area contributed by atoms with Crippen LogP contribution in [0, 0.1) is 0 Å². The Hall–Kier alpha value is -1.93. The van der Waals surface area contributed by atoms with E-state index in [0.29, 0.717) is 18.1 Å². The summed E-state index contributed by atoms with van der Waals surface area (Å²) in [5, 5.41) is 5.88. The zero-order valence-electron chi connectivity index (χ0n) is 14.3. The highest BCUT2D eigenvalue weighted by Gasteiger charge is 2.10. The van der Waals surface area contributed by atoms with Crippen LogP contribution in [-0.2, 0) is 14.3 Å². The molecule has 0 saturated heterocycles. The van der Waals surface area contributed by atoms with E-state index in [4.69, 9.17) is 9.47 Å². The van der Waals surface area contributed by atoms with Crippen molar-refractivity contribution in [3.63, 3.8) is 0 Å². The third-order valence-corrected chi connectivity index (χ3v) is 4.63. The van der Waals surface area contributed by atoms with Crippen LogP contribution in [0.5, 0.6) is 5.75 Å². The predicted octanol–water partition coefficient (Wildman–Crippen LogP) is 4.19. The number of nitrogens with one attached hydrogen (secondary N) is 1. The third-order valence-electron chi connectivity index (χ3n) is 3.32. The topological polar surface area (TPSA) is 77.0 Å². The van der Waals surface area contributed by atoms with Gasteiger partial charge in [0.15, 0.2) is 6.61 Å². The van der Waals surface area contributed by atoms with Crippen LogP contribution in [0.2, 0.25) is 0 Å². The number of rotatable bonds is 7. The number of hydrazone groups is 1. The number of fused-ring (bicyclic) bond motifs is 1. The van der Waals surface area contributed by atoms with E-state index in [2.05, 4.69) is 42.4 Å². The normalized spacial score (nSPS) is 11.3. The predicted molar refractivity (Wildman–Crippen MR) is 107 cm³/mol. The van der Waals surface area contributed by atoms with Crippen LogP contribution in [-0.4, -0.2) is 30.8 Å². The van der Waals surface area contributed by atoms with Gasteiger partial charge in [-0.2, -0.15) is 5.10 Å². The summed E-state index contributed by atoms with van der Waals surface area (Å²) >= 11 is 6.95. The molecule has 138 valence electrons. The molecule has 2 aromatic rings. The van der Waals surface area contributed by atoms with Gasteiger partial charge in [-0.3, -0.25) is 9.59 Å². The Bertz CT molecular complexity index is 852. The SMILES string of the molecule is CCOC(=O)CC(C)=NNC(=O)COc1ccc2cc(Br)ccc2c1Br. The van der Waals surface area contributed by atoms with Crippen molar-refractivity contribution in [3.05, 3.63) is 39.3 Å². The summed E-state index contributed by atoms with van der Waals surface area (Å²) < 4.78 is 12.1. The van der Waals surface area contributed by atoms with E-state index in [1.165, 1.54) is 0 Å². The molecular weight excluding hydrogens is 468 g/mol. The molecule has 1 amide bonds. The maximum atomic E-state index is 11.9. The Balaban J connectivity index is 1.93. The molecule has 0 aliphatic heterocycles. The summed E-state index contributed by atoms with van der Waals surface area (Å²) in [7, 11) is 0. The van der Waals surface area contributed by atoms with Crippen LogP contribution in [0.15, 0.2) is 44.4 Å². The van der Waals surface area contributed by atoms with Gasteiger partial charge in [-0.25, -0.2) is 5.43 Å². The van der Waals surface area contributed by atoms with Crippen molar-refractivity contribution in [3.8, 4) is 5.75 Å². The largest absolute Gasteiger partial charge is 0.483 e. The molecule has 0 spiro atoms. The highest BCUT2D eigenvalue weighted by Crippen LogP contribution is 2.34. The van der Waals surface area contributed by atoms with Gasteiger partial charge in [-0.15, -0.1) is 0 Å². The van der Waals surface area contributed by atoms with E-state index >= 15 is 0 Å². The molecule has 1 N–H and O–H groups in total. The first kappa shape index (κ1) is 20.4. The second-order valence-corrected chi connectivity index (χ2v) is 7.10. The third kappa shape index (κ3) is 5.81. The minimum atomic E-state index is -0.420. The average molecular weight is 486 g/mol. The number of nitrogens with zero attached hydrogens (tertiary/aromatic N) is 1. The number of esters is 1. The van der Waals surface area contributed by atoms with Crippen molar-refractivity contribution in [2.24, 2.45) is 5.10 Å². The number of benzene rings is 2. The summed E-state index contributed by atoms with van der Waals surface area (Å²) in [6.07, 6.45) is 0.0285. The van der Waals surface area contributed by atoms with Gasteiger partial charge in [0.1, 0.15) is 5.75 Å². The number of hydrogen-bond acceptors (Lipinski definition) is 5. The van der Waals surface area contributed by atoms with Crippen molar-refractivity contribution in [2.45, 2.75) is 20.3 Å². The van der Waals surface area contributed by atoms with Crippen LogP contribution >= 0.6 is 31.9 Å². The first-order valence-electron chi connectivity index (χ1n) is 7.89. The molecule has 2 rings (SSSR count). The summed E-state index contributed by atoms with van der Waals surface area (Å²) in [6.45, 7) is 3.48. The molecule has 0 unspecified atom stereocenters. The highest BCUT2D eigenvalue weighted by molar-refractivity contribution is 9.11. The molecule has 6 nitrogen and oxygen atoms in total. The summed E-state index contributed by atoms with van der Waals surface area (Å²) in [5.74, 6) is -0.246. The van der Waals surface area contributed by atoms with Crippen molar-refractivity contribution in [2.75, 3.05) is 13.2 Å². The minimum absolute atomic E-state index is 0.0285. The number of carbonyl (C=O) groups is 2. The molecule has 0 bridgehead atoms. The van der Waals surface area contributed by atoms with Crippen molar-refractivity contribution >= 4 is 60.2 Å². The maximum absolute atomic E-state index is 11.9. The van der Waals surface area contributed by atoms with E-state index in [9.17, 15) is 9.59 Å². The standard InChI is InChI=1S/C18H18Br2N2O4/c1-3-25-17(24)8-11(2)21-22-16(23)10-26-15-7-4-12-9-13(19)5-6-14(12)18(15)20/h4-7,9H,3,8,10H2,1-2H3,(H,22,23). The van der Waals surface area contributed by atoms with Gasteiger partial charge < -0.3 is 9.47 Å². The van der Waals surface area contributed by atoms with Gasteiger partial charge in [0, 0.05) is 10.2 Å². The Morgan fingerprint density at radius 2 is 1.96 bits per heavy atom. The lowest BCUT2D eigenvalue weighted by molar-refractivity contribution is -0.141. The molecule has 0 radical (unpaired) electrons. The zero-order chi connectivity index (χ0) is 19.1. The van der Waals surface area contributed by atoms with E-state index in [1.54, 1.807) is 19.9 Å². The van der Waals surface area contributed by atoms with E-state index in [-0.39, 0.29) is 19.0 Å². The molecule has 8 heteroatoms. The fraction of sp³-hybridized carbons (Fsp3) is 0.278. The van der Waals surface area contributed by atoms with Crippen LogP contribution in [0.4, 0.5) is 0 Å². The van der Waals surface area contributed by atoms with Crippen LogP contribution in [0.3, 0.4) is 0 Å². The van der Waals surface area contributed by atoms with Crippen LogP contribution in [0.1, 0.15) is 20.3 Å². The molecule has 0 fully saturated rings. The zero-order valence-corrected chi connectivity index (χ0v) is 17.5.